The molecule has 4 heterocycles. The molecule has 0 aliphatic carbocycles. The fourth-order valence-corrected chi connectivity index (χ4v) is 4.53. The number of halogens is 3. The van der Waals surface area contributed by atoms with Crippen LogP contribution in [0.4, 0.5) is 18.9 Å². The molecule has 0 radical (unpaired) electrons. The van der Waals surface area contributed by atoms with Crippen LogP contribution in [0.2, 0.25) is 0 Å². The second kappa shape index (κ2) is 9.92. The second-order valence-electron chi connectivity index (χ2n) is 7.64. The summed E-state index contributed by atoms with van der Waals surface area (Å²) in [6.45, 7) is 5.86. The molecule has 2 saturated heterocycles. The number of likely N-dealkylation sites (tertiary alicyclic amines) is 1. The van der Waals surface area contributed by atoms with Gasteiger partial charge in [0.1, 0.15) is 12.9 Å². The minimum Gasteiger partial charge on any atom is -0.475 e. The number of carboxylic acid groups (broad SMARTS) is 1. The van der Waals surface area contributed by atoms with E-state index in [1.54, 1.807) is 17.3 Å². The summed E-state index contributed by atoms with van der Waals surface area (Å²) >= 11 is 1.87. The predicted molar refractivity (Wildman–Crippen MR) is 110 cm³/mol. The van der Waals surface area contributed by atoms with Gasteiger partial charge in [0.25, 0.3) is 5.91 Å². The van der Waals surface area contributed by atoms with Gasteiger partial charge in [-0.05, 0) is 31.9 Å². The molecule has 2 fully saturated rings. The molecule has 12 heteroatoms. The molecule has 8 nitrogen and oxygen atoms in total. The lowest BCUT2D eigenvalue weighted by atomic mass is 9.89. The van der Waals surface area contributed by atoms with Crippen molar-refractivity contribution in [3.8, 4) is 0 Å². The molecule has 0 bridgehead atoms. The Balaban J connectivity index is 0.000000360. The van der Waals surface area contributed by atoms with Gasteiger partial charge in [-0.15, -0.1) is 11.3 Å². The van der Waals surface area contributed by atoms with Crippen LogP contribution in [-0.4, -0.2) is 69.9 Å². The lowest BCUT2D eigenvalue weighted by molar-refractivity contribution is -0.192. The Bertz CT molecular complexity index is 930. The highest BCUT2D eigenvalue weighted by molar-refractivity contribution is 7.11. The summed E-state index contributed by atoms with van der Waals surface area (Å²) in [5.74, 6) is -2.77. The van der Waals surface area contributed by atoms with Gasteiger partial charge in [-0.2, -0.15) is 13.2 Å². The molecule has 1 amide bonds. The van der Waals surface area contributed by atoms with Crippen molar-refractivity contribution in [2.45, 2.75) is 38.1 Å². The van der Waals surface area contributed by atoms with Crippen molar-refractivity contribution < 1.29 is 32.6 Å². The van der Waals surface area contributed by atoms with Crippen molar-refractivity contribution in [1.82, 2.24) is 14.9 Å². The number of morpholine rings is 1. The number of aromatic nitrogens is 2. The van der Waals surface area contributed by atoms with Gasteiger partial charge in [-0.3, -0.25) is 9.69 Å². The zero-order valence-corrected chi connectivity index (χ0v) is 18.2. The quantitative estimate of drug-likeness (QED) is 0.734. The molecule has 2 aliphatic rings. The number of nitrogens with zero attached hydrogens (tertiary/aromatic N) is 4. The average molecular weight is 472 g/mol. The first kappa shape index (κ1) is 24.1. The van der Waals surface area contributed by atoms with Crippen molar-refractivity contribution in [3.05, 3.63) is 40.6 Å². The highest BCUT2D eigenvalue weighted by atomic mass is 32.1. The summed E-state index contributed by atoms with van der Waals surface area (Å²) in [6, 6.07) is 4.40. The van der Waals surface area contributed by atoms with Gasteiger partial charge in [-0.1, -0.05) is 0 Å². The number of carbonyl (C=O) groups excluding carboxylic acids is 1. The minimum atomic E-state index is -5.08. The van der Waals surface area contributed by atoms with Crippen LogP contribution in [0.5, 0.6) is 0 Å². The molecule has 4 rings (SSSR count). The van der Waals surface area contributed by atoms with Crippen LogP contribution in [0.15, 0.2) is 30.9 Å². The second-order valence-corrected chi connectivity index (χ2v) is 9.01. The molecule has 32 heavy (non-hydrogen) atoms. The number of carbonyl (C=O) groups is 2. The molecule has 0 atom stereocenters. The number of amides is 1. The number of hydrogen-bond donors (Lipinski definition) is 1. The van der Waals surface area contributed by atoms with E-state index in [1.165, 1.54) is 16.1 Å². The van der Waals surface area contributed by atoms with E-state index < -0.39 is 12.1 Å². The number of hydrogen-bond acceptors (Lipinski definition) is 7. The number of rotatable bonds is 3. The molecule has 0 aromatic carbocycles. The van der Waals surface area contributed by atoms with Gasteiger partial charge < -0.3 is 14.7 Å². The number of anilines is 1. The Morgan fingerprint density at radius 1 is 1.25 bits per heavy atom. The lowest BCUT2D eigenvalue weighted by Crippen LogP contribution is -2.58. The Hall–Kier alpha value is -2.57. The molecular weight excluding hydrogens is 449 g/mol. The van der Waals surface area contributed by atoms with Crippen molar-refractivity contribution in [1.29, 1.82) is 0 Å². The Labute approximate surface area is 186 Å². The van der Waals surface area contributed by atoms with Gasteiger partial charge in [0.05, 0.1) is 30.2 Å². The van der Waals surface area contributed by atoms with E-state index in [9.17, 15) is 18.0 Å². The van der Waals surface area contributed by atoms with Crippen molar-refractivity contribution in [2.75, 3.05) is 31.1 Å². The van der Waals surface area contributed by atoms with Crippen LogP contribution >= 0.6 is 11.3 Å². The topological polar surface area (TPSA) is 95.9 Å². The number of carboxylic acids is 1. The maximum atomic E-state index is 12.3. The first-order valence-corrected chi connectivity index (χ1v) is 10.7. The molecule has 0 unspecified atom stereocenters. The van der Waals surface area contributed by atoms with Crippen LogP contribution in [0.1, 0.15) is 22.6 Å². The monoisotopic (exact) mass is 472 g/mol. The molecule has 0 saturated carbocycles. The van der Waals surface area contributed by atoms with E-state index in [2.05, 4.69) is 33.9 Å². The maximum absolute atomic E-state index is 12.3. The molecule has 2 aromatic heterocycles. The van der Waals surface area contributed by atoms with E-state index in [4.69, 9.17) is 14.6 Å². The van der Waals surface area contributed by atoms with Gasteiger partial charge in [0, 0.05) is 29.4 Å². The summed E-state index contributed by atoms with van der Waals surface area (Å²) in [5.41, 5.74) is 0.512. The van der Waals surface area contributed by atoms with Crippen LogP contribution in [0.25, 0.3) is 0 Å². The fraction of sp³-hybridized carbons (Fsp3) is 0.500. The summed E-state index contributed by atoms with van der Waals surface area (Å²) in [5, 5.41) is 7.12. The number of thiophene rings is 1. The standard InChI is InChI=1S/C18H22N4O2S.C2HF3O2/c1-14-2-3-16(25-14)10-21-6-4-18(5-7-21)12-22(17(23)11-24-18)15-8-19-13-20-9-15;3-2(4,5)1(6)7/h2-3,8-9,13H,4-7,10-12H2,1H3;(H,6,7). The third-order valence-electron chi connectivity index (χ3n) is 5.29. The van der Waals surface area contributed by atoms with Crippen LogP contribution in [-0.2, 0) is 20.9 Å². The van der Waals surface area contributed by atoms with E-state index in [-0.39, 0.29) is 18.1 Å². The summed E-state index contributed by atoms with van der Waals surface area (Å²) < 4.78 is 37.8. The first-order chi connectivity index (χ1) is 15.1. The third kappa shape index (κ3) is 6.24. The Morgan fingerprint density at radius 2 is 1.88 bits per heavy atom. The van der Waals surface area contributed by atoms with E-state index >= 15 is 0 Å². The minimum absolute atomic E-state index is 0.0167. The number of ether oxygens (including phenoxy) is 1. The van der Waals surface area contributed by atoms with Crippen LogP contribution in [0, 0.1) is 6.92 Å². The lowest BCUT2D eigenvalue weighted by Gasteiger charge is -2.46. The molecular formula is C20H23F3N4O4S. The van der Waals surface area contributed by atoms with Gasteiger partial charge in [-0.25, -0.2) is 14.8 Å². The van der Waals surface area contributed by atoms with E-state index in [1.807, 2.05) is 11.3 Å². The Kier molecular flexibility index (Phi) is 7.47. The number of aryl methyl sites for hydroxylation is 1. The smallest absolute Gasteiger partial charge is 0.475 e. The van der Waals surface area contributed by atoms with Crippen molar-refractivity contribution >= 4 is 28.9 Å². The molecule has 2 aliphatic heterocycles. The SMILES string of the molecule is Cc1ccc(CN2CCC3(CC2)CN(c2cncnc2)C(=O)CO3)s1.O=C(O)C(F)(F)F. The summed E-state index contributed by atoms with van der Waals surface area (Å²) in [4.78, 5) is 36.3. The zero-order chi connectivity index (χ0) is 23.4. The van der Waals surface area contributed by atoms with Crippen LogP contribution < -0.4 is 4.90 Å². The fourth-order valence-electron chi connectivity index (χ4n) is 3.59. The molecule has 1 N–H and O–H groups in total. The van der Waals surface area contributed by atoms with Crippen molar-refractivity contribution in [3.63, 3.8) is 0 Å². The highest BCUT2D eigenvalue weighted by Gasteiger charge is 2.43. The average Bonchev–Trinajstić information content (AvgIpc) is 3.17. The summed E-state index contributed by atoms with van der Waals surface area (Å²) in [7, 11) is 0. The normalized spacial score (nSPS) is 18.9. The van der Waals surface area contributed by atoms with Gasteiger partial charge >= 0.3 is 12.1 Å². The molecule has 1 spiro atoms. The number of piperidine rings is 1. The van der Waals surface area contributed by atoms with Gasteiger partial charge in [0.2, 0.25) is 0 Å². The third-order valence-corrected chi connectivity index (χ3v) is 6.28. The molecule has 2 aromatic rings. The summed E-state index contributed by atoms with van der Waals surface area (Å²) in [6.07, 6.45) is 1.66. The first-order valence-electron chi connectivity index (χ1n) is 9.85. The van der Waals surface area contributed by atoms with E-state index in [0.717, 1.165) is 38.2 Å². The maximum Gasteiger partial charge on any atom is 0.490 e. The number of aliphatic carboxylic acids is 1. The Morgan fingerprint density at radius 3 is 2.41 bits per heavy atom. The van der Waals surface area contributed by atoms with Crippen LogP contribution in [0.3, 0.4) is 0 Å². The largest absolute Gasteiger partial charge is 0.490 e. The number of alkyl halides is 3. The highest BCUT2D eigenvalue weighted by Crippen LogP contribution is 2.33. The zero-order valence-electron chi connectivity index (χ0n) is 17.3. The van der Waals surface area contributed by atoms with Crippen molar-refractivity contribution in [2.24, 2.45) is 0 Å². The predicted octanol–water partition coefficient (Wildman–Crippen LogP) is 2.88. The van der Waals surface area contributed by atoms with E-state index in [0.29, 0.717) is 6.54 Å². The molecule has 174 valence electrons. The van der Waals surface area contributed by atoms with Gasteiger partial charge in [0.15, 0.2) is 0 Å².